The van der Waals surface area contributed by atoms with Gasteiger partial charge in [0.1, 0.15) is 24.9 Å². The van der Waals surface area contributed by atoms with Gasteiger partial charge in [-0.3, -0.25) is 19.3 Å². The van der Waals surface area contributed by atoms with Crippen molar-refractivity contribution in [1.29, 1.82) is 0 Å². The maximum absolute atomic E-state index is 14.5. The Hall–Kier alpha value is -4.09. The Kier molecular flexibility index (Phi) is 30.1. The molecule has 2 bridgehead atoms. The molecular weight excluding hydrogens is 1040 g/mol. The lowest BCUT2D eigenvalue weighted by molar-refractivity contribution is -0.308. The lowest BCUT2D eigenvalue weighted by Crippen LogP contribution is -2.64. The molecule has 80 heavy (non-hydrogen) atoms. The Morgan fingerprint density at radius 3 is 1.94 bits per heavy atom. The molecule has 454 valence electrons. The van der Waals surface area contributed by atoms with Gasteiger partial charge in [0.05, 0.1) is 92.6 Å². The minimum Gasteiger partial charge on any atom is -0.462 e. The summed E-state index contributed by atoms with van der Waals surface area (Å²) in [6.45, 7) is 8.26. The number of ether oxygens (including phenoxy) is 5. The monoisotopic (exact) mass is 1140 g/mol. The number of rotatable bonds is 10. The normalized spacial score (nSPS) is 40.5. The number of aliphatic hydroxyl groups is 11. The van der Waals surface area contributed by atoms with E-state index in [2.05, 4.69) is 5.32 Å². The molecule has 3 fully saturated rings. The van der Waals surface area contributed by atoms with Crippen LogP contribution in [-0.4, -0.2) is 240 Å². The molecule has 14 N–H and O–H groups in total. The van der Waals surface area contributed by atoms with E-state index in [1.54, 1.807) is 79.5 Å². The number of nitrogens with two attached hydrogens (primary N) is 1. The van der Waals surface area contributed by atoms with Crippen molar-refractivity contribution in [3.63, 3.8) is 0 Å². The van der Waals surface area contributed by atoms with E-state index in [1.807, 2.05) is 36.1 Å². The van der Waals surface area contributed by atoms with Gasteiger partial charge >= 0.3 is 5.97 Å². The van der Waals surface area contributed by atoms with E-state index in [0.717, 1.165) is 0 Å². The molecule has 0 aromatic carbocycles. The zero-order valence-corrected chi connectivity index (χ0v) is 46.7. The first-order valence-corrected chi connectivity index (χ1v) is 28.0. The molecule has 4 aliphatic heterocycles. The number of esters is 1. The van der Waals surface area contributed by atoms with Crippen LogP contribution in [0.4, 0.5) is 0 Å². The third kappa shape index (κ3) is 22.9. The van der Waals surface area contributed by atoms with Gasteiger partial charge in [-0.2, -0.15) is 0 Å². The number of amides is 2. The summed E-state index contributed by atoms with van der Waals surface area (Å²) in [5, 5.41) is 124. The fraction of sp³-hybridized carbons (Fsp3) is 0.702. The van der Waals surface area contributed by atoms with Gasteiger partial charge in [0.2, 0.25) is 11.8 Å². The van der Waals surface area contributed by atoms with E-state index in [0.29, 0.717) is 19.6 Å². The van der Waals surface area contributed by atoms with Crippen molar-refractivity contribution in [2.75, 3.05) is 59.1 Å². The minimum atomic E-state index is -2.34. The second-order valence-corrected chi connectivity index (χ2v) is 21.5. The fourth-order valence-electron chi connectivity index (χ4n) is 10.1. The molecule has 4 heterocycles. The smallest absolute Gasteiger partial charge is 0.308 e. The highest BCUT2D eigenvalue weighted by molar-refractivity contribution is 5.80. The largest absolute Gasteiger partial charge is 0.462 e. The average Bonchev–Trinajstić information content (AvgIpc) is 3.40. The van der Waals surface area contributed by atoms with Gasteiger partial charge in [-0.25, -0.2) is 0 Å². The molecule has 23 nitrogen and oxygen atoms in total. The minimum absolute atomic E-state index is 0.0772. The first-order chi connectivity index (χ1) is 38.1. The number of aliphatic hydroxyl groups excluding tert-OH is 10. The molecule has 4 aliphatic rings. The van der Waals surface area contributed by atoms with E-state index in [4.69, 9.17) is 29.4 Å². The van der Waals surface area contributed by atoms with Gasteiger partial charge < -0.3 is 95.8 Å². The SMILES string of the molecule is C[C@@H]1[C@H](O)[C@@H](C)/C=C/C=C/C=C/C=C/C=C/C=C/C=C/[C@H](O[C@@H]2O[C@H](C)[C@@H](O)[C@H](NC(=O)COCCN)[C@@H]2O)C[C@@H]2O[C@](O)(C[C@@H](O)C[C@@H](O)[C@H](O)CC[C@@H](O)C[C@@H](O)CC(=O)O[C@H]1C)C[C@H](O)[C@H]2C(=O)N1CCN(CCO)CC1. The predicted molar refractivity (Wildman–Crippen MR) is 293 cm³/mol. The van der Waals surface area contributed by atoms with Crippen molar-refractivity contribution in [3.8, 4) is 0 Å². The summed E-state index contributed by atoms with van der Waals surface area (Å²) in [6.07, 6.45) is 3.13. The second-order valence-electron chi connectivity index (χ2n) is 21.5. The van der Waals surface area contributed by atoms with Gasteiger partial charge in [-0.15, -0.1) is 0 Å². The summed E-state index contributed by atoms with van der Waals surface area (Å²) in [5.74, 6) is -6.31. The highest BCUT2D eigenvalue weighted by Gasteiger charge is 2.52. The summed E-state index contributed by atoms with van der Waals surface area (Å²) in [7, 11) is 0. The van der Waals surface area contributed by atoms with Gasteiger partial charge in [-0.05, 0) is 33.1 Å². The number of piperazine rings is 1. The van der Waals surface area contributed by atoms with Crippen LogP contribution in [0.5, 0.6) is 0 Å². The van der Waals surface area contributed by atoms with Crippen LogP contribution in [0.15, 0.2) is 85.1 Å². The van der Waals surface area contributed by atoms with Crippen molar-refractivity contribution in [3.05, 3.63) is 85.1 Å². The molecule has 0 radical (unpaired) electrons. The van der Waals surface area contributed by atoms with E-state index in [1.165, 1.54) is 6.92 Å². The van der Waals surface area contributed by atoms with Crippen LogP contribution in [0.3, 0.4) is 0 Å². The summed E-state index contributed by atoms with van der Waals surface area (Å²) >= 11 is 0. The first kappa shape index (κ1) is 68.4. The van der Waals surface area contributed by atoms with Crippen molar-refractivity contribution in [1.82, 2.24) is 15.1 Å². The number of fused-ring (bicyclic) bond motifs is 2. The fourth-order valence-corrected chi connectivity index (χ4v) is 10.1. The van der Waals surface area contributed by atoms with E-state index in [-0.39, 0.29) is 64.4 Å². The standard InChI is InChI=1S/C57H92N4O19/c1-36-17-15-13-11-9-7-5-6-8-10-12-14-16-18-43(79-56-54(73)51(53(72)39(4)78-56)59-48(69)35-76-28-21-58)32-47-50(55(74)61-24-22-60(23-25-61)26-27-62)46(68)34-57(75,80-47)33-42(65)30-45(67)44(66)20-19-40(63)29-41(64)31-49(70)77-38(3)37(2)52(36)71/h5-18,36-47,50-54,56,62-68,71-73,75H,19-35,58H2,1-4H3,(H,59,69)/b6-5+,9-7+,10-8+,13-11+,14-12+,17-15+,18-16+/t36-,37-,38-,39+,40+,41+,42-,43-,44+,45+,46-,47-,50+,51-,52+,53+,54-,56-,57+/m0/s1. The summed E-state index contributed by atoms with van der Waals surface area (Å²) in [6, 6.07) is -1.30. The molecule has 0 spiro atoms. The Morgan fingerprint density at radius 1 is 0.713 bits per heavy atom. The quantitative estimate of drug-likeness (QED) is 0.0912. The molecule has 0 saturated carbocycles. The Bertz CT molecular complexity index is 2070. The summed E-state index contributed by atoms with van der Waals surface area (Å²) < 4.78 is 29.5. The number of hydrogen-bond acceptors (Lipinski definition) is 21. The van der Waals surface area contributed by atoms with Crippen LogP contribution in [0, 0.1) is 17.8 Å². The highest BCUT2D eigenvalue weighted by Crippen LogP contribution is 2.39. The van der Waals surface area contributed by atoms with Crippen LogP contribution in [0.2, 0.25) is 0 Å². The molecule has 0 unspecified atom stereocenters. The number of cyclic esters (lactones) is 1. The second kappa shape index (κ2) is 35.1. The average molecular weight is 1140 g/mol. The van der Waals surface area contributed by atoms with Gasteiger partial charge in [0, 0.05) is 76.8 Å². The van der Waals surface area contributed by atoms with Crippen LogP contribution in [-0.2, 0) is 38.1 Å². The van der Waals surface area contributed by atoms with Crippen molar-refractivity contribution in [2.45, 2.75) is 177 Å². The number of allylic oxidation sites excluding steroid dienone is 12. The van der Waals surface area contributed by atoms with E-state index >= 15 is 0 Å². The predicted octanol–water partition coefficient (Wildman–Crippen LogP) is -1.10. The molecule has 23 heteroatoms. The third-order valence-electron chi connectivity index (χ3n) is 14.9. The molecule has 0 aliphatic carbocycles. The van der Waals surface area contributed by atoms with Crippen molar-refractivity contribution in [2.24, 2.45) is 23.5 Å². The number of nitrogens with one attached hydrogen (secondary N) is 1. The van der Waals surface area contributed by atoms with E-state index < -0.39 is 159 Å². The molecule has 3 saturated heterocycles. The Morgan fingerprint density at radius 2 is 1.32 bits per heavy atom. The number of β-amino-alcohol motifs (C(OH)–C–C–N with tert-alkyl or cyclic N) is 1. The van der Waals surface area contributed by atoms with Gasteiger partial charge in [-0.1, -0.05) is 98.9 Å². The first-order valence-electron chi connectivity index (χ1n) is 28.0. The zero-order valence-electron chi connectivity index (χ0n) is 46.7. The molecule has 4 rings (SSSR count). The molecular formula is C57H92N4O19. The maximum atomic E-state index is 14.5. The van der Waals surface area contributed by atoms with Gasteiger partial charge in [0.15, 0.2) is 12.1 Å². The van der Waals surface area contributed by atoms with Crippen molar-refractivity contribution >= 4 is 17.8 Å². The number of carbonyl (C=O) groups is 3. The third-order valence-corrected chi connectivity index (χ3v) is 14.9. The topological polar surface area (TPSA) is 364 Å². The van der Waals surface area contributed by atoms with Crippen LogP contribution >= 0.6 is 0 Å². The van der Waals surface area contributed by atoms with Crippen LogP contribution in [0.25, 0.3) is 0 Å². The Labute approximate surface area is 470 Å². The van der Waals surface area contributed by atoms with Crippen LogP contribution in [0.1, 0.15) is 79.1 Å². The highest BCUT2D eigenvalue weighted by atomic mass is 16.7. The maximum Gasteiger partial charge on any atom is 0.308 e. The molecule has 2 amide bonds. The van der Waals surface area contributed by atoms with Gasteiger partial charge in [0.25, 0.3) is 0 Å². The summed E-state index contributed by atoms with van der Waals surface area (Å²) in [5.41, 5.74) is 5.48. The lowest BCUT2D eigenvalue weighted by atomic mass is 9.81. The molecule has 0 aromatic heterocycles. The van der Waals surface area contributed by atoms with Crippen LogP contribution < -0.4 is 11.1 Å². The number of carbonyl (C=O) groups excluding carboxylic acids is 3. The van der Waals surface area contributed by atoms with E-state index in [9.17, 15) is 70.6 Å². The number of nitrogens with zero attached hydrogens (tertiary/aromatic N) is 2. The Balaban J connectivity index is 1.66. The summed E-state index contributed by atoms with van der Waals surface area (Å²) in [4.78, 5) is 43.7. The lowest BCUT2D eigenvalue weighted by Gasteiger charge is -2.47. The number of hydrogen-bond donors (Lipinski definition) is 13. The van der Waals surface area contributed by atoms with Crippen molar-refractivity contribution < 1.29 is 94.2 Å². The molecule has 19 atom stereocenters. The zero-order chi connectivity index (χ0) is 58.9. The molecule has 0 aromatic rings.